The van der Waals surface area contributed by atoms with Crippen LogP contribution in [0.4, 0.5) is 0 Å². The van der Waals surface area contributed by atoms with Crippen molar-refractivity contribution in [3.8, 4) is 0 Å². The summed E-state index contributed by atoms with van der Waals surface area (Å²) in [7, 11) is -0.450. The van der Waals surface area contributed by atoms with Crippen LogP contribution in [-0.2, 0) is 14.0 Å². The van der Waals surface area contributed by atoms with Crippen molar-refractivity contribution in [2.75, 3.05) is 7.05 Å². The Kier molecular flexibility index (Phi) is 8.76. The molecule has 7 heteroatoms. The summed E-state index contributed by atoms with van der Waals surface area (Å²) in [6, 6.07) is 1.79. The van der Waals surface area contributed by atoms with Crippen molar-refractivity contribution in [3.63, 3.8) is 0 Å². The predicted molar refractivity (Wildman–Crippen MR) is 84.0 cm³/mol. The zero-order valence-corrected chi connectivity index (χ0v) is 14.7. The van der Waals surface area contributed by atoms with E-state index in [0.29, 0.717) is 0 Å². The van der Waals surface area contributed by atoms with Gasteiger partial charge in [0.05, 0.1) is 12.5 Å². The molecule has 3 atom stereocenters. The molecule has 124 valence electrons. The van der Waals surface area contributed by atoms with Gasteiger partial charge in [0, 0.05) is 0 Å². The van der Waals surface area contributed by atoms with Crippen LogP contribution in [0.15, 0.2) is 0 Å². The van der Waals surface area contributed by atoms with Crippen molar-refractivity contribution in [1.29, 1.82) is 0 Å². The molecule has 21 heavy (non-hydrogen) atoms. The fourth-order valence-electron chi connectivity index (χ4n) is 2.62. The number of aliphatic carboxylic acids is 2. The van der Waals surface area contributed by atoms with E-state index in [9.17, 15) is 14.7 Å². The van der Waals surface area contributed by atoms with Crippen LogP contribution in [0.3, 0.4) is 0 Å². The van der Waals surface area contributed by atoms with Crippen LogP contribution in [-0.4, -0.2) is 49.7 Å². The van der Waals surface area contributed by atoms with E-state index in [0.717, 1.165) is 18.1 Å². The molecule has 0 amide bonds. The number of hydrogen-bond acceptors (Lipinski definition) is 4. The molecule has 0 aromatic carbocycles. The van der Waals surface area contributed by atoms with Crippen molar-refractivity contribution >= 4 is 20.3 Å². The molecule has 0 bridgehead atoms. The summed E-state index contributed by atoms with van der Waals surface area (Å²) in [5.41, 5.74) is 0. The highest BCUT2D eigenvalue weighted by Crippen LogP contribution is 2.28. The fourth-order valence-corrected chi connectivity index (χ4v) is 5.57. The third-order valence-electron chi connectivity index (χ3n) is 4.28. The average molecular weight is 319 g/mol. The van der Waals surface area contributed by atoms with Crippen molar-refractivity contribution in [3.05, 3.63) is 0 Å². The Balaban J connectivity index is 5.38. The van der Waals surface area contributed by atoms with Gasteiger partial charge in [0.1, 0.15) is 6.04 Å². The minimum atomic E-state index is -2.02. The summed E-state index contributed by atoms with van der Waals surface area (Å²) in [6.45, 7) is 7.93. The van der Waals surface area contributed by atoms with Gasteiger partial charge in [-0.2, -0.15) is 0 Å². The quantitative estimate of drug-likeness (QED) is 0.505. The molecular formula is C14H29NO5Si. The Morgan fingerprint density at radius 1 is 1.14 bits per heavy atom. The van der Waals surface area contributed by atoms with E-state index in [2.05, 4.69) is 26.1 Å². The van der Waals surface area contributed by atoms with Gasteiger partial charge in [-0.05, 0) is 31.1 Å². The summed E-state index contributed by atoms with van der Waals surface area (Å²) in [4.78, 5) is 22.4. The molecule has 0 unspecified atom stereocenters. The van der Waals surface area contributed by atoms with Gasteiger partial charge in [0.15, 0.2) is 8.32 Å². The lowest BCUT2D eigenvalue weighted by molar-refractivity contribution is -0.145. The standard InChI is InChI=1S/C14H29NO5Si/c1-6-21(7-2,8-3)20-13(10(4)9-11(16)17)12(15-5)14(18)19/h10,12-13,15H,6-9H2,1-5H3,(H,16,17)(H,18,19)/t10-,12+,13-/m1/s1. The molecule has 0 aromatic rings. The maximum absolute atomic E-state index is 11.4. The van der Waals surface area contributed by atoms with E-state index in [4.69, 9.17) is 9.53 Å². The molecule has 0 heterocycles. The van der Waals surface area contributed by atoms with E-state index in [1.807, 2.05) is 0 Å². The summed E-state index contributed by atoms with van der Waals surface area (Å²) >= 11 is 0. The molecule has 0 radical (unpaired) electrons. The first-order chi connectivity index (χ1) is 9.76. The van der Waals surface area contributed by atoms with Crippen LogP contribution in [0.25, 0.3) is 0 Å². The zero-order chi connectivity index (χ0) is 16.6. The van der Waals surface area contributed by atoms with Gasteiger partial charge in [-0.1, -0.05) is 27.7 Å². The summed E-state index contributed by atoms with van der Waals surface area (Å²) in [5, 5.41) is 21.1. The minimum absolute atomic E-state index is 0.0995. The monoisotopic (exact) mass is 319 g/mol. The second-order valence-electron chi connectivity index (χ2n) is 5.51. The first kappa shape index (κ1) is 20.1. The van der Waals surface area contributed by atoms with Gasteiger partial charge in [0.25, 0.3) is 0 Å². The van der Waals surface area contributed by atoms with Gasteiger partial charge in [-0.25, -0.2) is 0 Å². The summed E-state index contributed by atoms with van der Waals surface area (Å²) < 4.78 is 6.29. The van der Waals surface area contributed by atoms with Gasteiger partial charge in [0.2, 0.25) is 0 Å². The smallest absolute Gasteiger partial charge is 0.323 e. The highest BCUT2D eigenvalue weighted by atomic mass is 28.4. The van der Waals surface area contributed by atoms with E-state index >= 15 is 0 Å². The van der Waals surface area contributed by atoms with Crippen LogP contribution >= 0.6 is 0 Å². The molecule has 3 N–H and O–H groups in total. The molecule has 0 aliphatic rings. The minimum Gasteiger partial charge on any atom is -0.481 e. The van der Waals surface area contributed by atoms with Crippen LogP contribution in [0.1, 0.15) is 34.1 Å². The molecule has 0 saturated heterocycles. The van der Waals surface area contributed by atoms with E-state index in [1.54, 1.807) is 14.0 Å². The van der Waals surface area contributed by atoms with Gasteiger partial charge >= 0.3 is 11.9 Å². The fraction of sp³-hybridized carbons (Fsp3) is 0.857. The predicted octanol–water partition coefficient (Wildman–Crippen LogP) is 2.16. The Morgan fingerprint density at radius 3 is 1.90 bits per heavy atom. The number of likely N-dealkylation sites (N-methyl/N-ethyl adjacent to an activating group) is 1. The molecule has 0 saturated carbocycles. The largest absolute Gasteiger partial charge is 0.481 e. The van der Waals surface area contributed by atoms with E-state index < -0.39 is 32.4 Å². The second kappa shape index (κ2) is 9.17. The summed E-state index contributed by atoms with van der Waals surface area (Å²) in [6.07, 6.45) is -0.729. The Hall–Kier alpha value is -0.923. The van der Waals surface area contributed by atoms with Gasteiger partial charge in [-0.15, -0.1) is 0 Å². The molecule has 6 nitrogen and oxygen atoms in total. The molecule has 0 aliphatic heterocycles. The van der Waals surface area contributed by atoms with Crippen molar-refractivity contribution in [2.45, 2.75) is 64.4 Å². The number of carbonyl (C=O) groups is 2. The third-order valence-corrected chi connectivity index (χ3v) is 8.92. The number of carboxylic acid groups (broad SMARTS) is 2. The van der Waals surface area contributed by atoms with Crippen molar-refractivity contribution in [2.24, 2.45) is 5.92 Å². The maximum Gasteiger partial charge on any atom is 0.323 e. The van der Waals surface area contributed by atoms with Gasteiger partial charge < -0.3 is 20.0 Å². The molecular weight excluding hydrogens is 290 g/mol. The lowest BCUT2D eigenvalue weighted by Gasteiger charge is -2.38. The topological polar surface area (TPSA) is 95.9 Å². The molecule has 0 rings (SSSR count). The number of nitrogens with one attached hydrogen (secondary N) is 1. The highest BCUT2D eigenvalue weighted by molar-refractivity contribution is 6.73. The Morgan fingerprint density at radius 2 is 1.62 bits per heavy atom. The third kappa shape index (κ3) is 5.76. The van der Waals surface area contributed by atoms with E-state index in [1.165, 1.54) is 0 Å². The number of hydrogen-bond donors (Lipinski definition) is 3. The van der Waals surface area contributed by atoms with Crippen LogP contribution < -0.4 is 5.32 Å². The van der Waals surface area contributed by atoms with Crippen LogP contribution in [0.2, 0.25) is 18.1 Å². The van der Waals surface area contributed by atoms with Crippen molar-refractivity contribution < 1.29 is 24.2 Å². The summed E-state index contributed by atoms with van der Waals surface area (Å²) in [5.74, 6) is -2.31. The molecule has 0 spiro atoms. The highest BCUT2D eigenvalue weighted by Gasteiger charge is 2.40. The van der Waals surface area contributed by atoms with Crippen LogP contribution in [0, 0.1) is 5.92 Å². The SMILES string of the molecule is CC[Si](CC)(CC)O[C@H]([C@H](C)CC(=O)O)[C@H](NC)C(=O)O. The van der Waals surface area contributed by atoms with Gasteiger partial charge in [-0.3, -0.25) is 9.59 Å². The number of rotatable bonds is 11. The van der Waals surface area contributed by atoms with E-state index in [-0.39, 0.29) is 12.3 Å². The normalized spacial score (nSPS) is 16.2. The second-order valence-corrected chi connectivity index (χ2v) is 10.2. The molecule has 0 aromatic heterocycles. The first-order valence-electron chi connectivity index (χ1n) is 7.56. The Labute approximate surface area is 128 Å². The lowest BCUT2D eigenvalue weighted by Crippen LogP contribution is -2.54. The lowest BCUT2D eigenvalue weighted by atomic mass is 9.95. The number of carboxylic acids is 2. The molecule has 0 fully saturated rings. The van der Waals surface area contributed by atoms with Crippen molar-refractivity contribution in [1.82, 2.24) is 5.32 Å². The average Bonchev–Trinajstić information content (AvgIpc) is 2.42. The molecule has 0 aliphatic carbocycles. The first-order valence-corrected chi connectivity index (χ1v) is 10.1. The zero-order valence-electron chi connectivity index (χ0n) is 13.7. The Bertz CT molecular complexity index is 338. The maximum atomic E-state index is 11.4. The van der Waals surface area contributed by atoms with Crippen LogP contribution in [0.5, 0.6) is 0 Å².